The van der Waals surface area contributed by atoms with Gasteiger partial charge in [0.2, 0.25) is 0 Å². The Hall–Kier alpha value is -0.0500. The number of benzene rings is 1. The molecule has 1 rings (SSSR count). The maximum Gasteiger partial charge on any atom is 0.0454 e. The van der Waals surface area contributed by atoms with E-state index in [9.17, 15) is 0 Å². The Bertz CT molecular complexity index is 381. The van der Waals surface area contributed by atoms with Gasteiger partial charge in [0.25, 0.3) is 0 Å². The second-order valence-corrected chi connectivity index (χ2v) is 6.70. The Kier molecular flexibility index (Phi) is 9.58. The Balaban J connectivity index is 2.60. The van der Waals surface area contributed by atoms with Crippen LogP contribution >= 0.6 is 27.5 Å². The van der Waals surface area contributed by atoms with Crippen LogP contribution in [0.15, 0.2) is 22.7 Å². The molecule has 3 heteroatoms. The maximum absolute atomic E-state index is 6.37. The van der Waals surface area contributed by atoms with Crippen molar-refractivity contribution in [3.05, 3.63) is 33.3 Å². The van der Waals surface area contributed by atoms with Gasteiger partial charge in [0.05, 0.1) is 0 Å². The van der Waals surface area contributed by atoms with Crippen molar-refractivity contribution in [2.45, 2.75) is 64.8 Å². The summed E-state index contributed by atoms with van der Waals surface area (Å²) in [7, 11) is 0. The Morgan fingerprint density at radius 3 is 2.55 bits per heavy atom. The molecule has 1 unspecified atom stereocenters. The number of hydrogen-bond acceptors (Lipinski definition) is 1. The van der Waals surface area contributed by atoms with E-state index < -0.39 is 0 Å². The molecule has 0 aliphatic rings. The van der Waals surface area contributed by atoms with Crippen molar-refractivity contribution in [1.82, 2.24) is 5.32 Å². The van der Waals surface area contributed by atoms with E-state index in [1.165, 1.54) is 44.1 Å². The van der Waals surface area contributed by atoms with Crippen LogP contribution in [-0.2, 0) is 0 Å². The van der Waals surface area contributed by atoms with Gasteiger partial charge in [-0.3, -0.25) is 0 Å². The number of nitrogens with one attached hydrogen (secondary N) is 1. The molecule has 0 bridgehead atoms. The number of hydrogen-bond donors (Lipinski definition) is 1. The van der Waals surface area contributed by atoms with Gasteiger partial charge in [0, 0.05) is 15.5 Å². The average Bonchev–Trinajstić information content (AvgIpc) is 2.45. The fourth-order valence-electron chi connectivity index (χ4n) is 2.42. The fraction of sp³-hybridized carbons (Fsp3) is 0.647. The highest BCUT2D eigenvalue weighted by molar-refractivity contribution is 9.10. The van der Waals surface area contributed by atoms with E-state index >= 15 is 0 Å². The van der Waals surface area contributed by atoms with Gasteiger partial charge in [0.1, 0.15) is 0 Å². The smallest absolute Gasteiger partial charge is 0.0454 e. The Labute approximate surface area is 137 Å². The zero-order valence-corrected chi connectivity index (χ0v) is 15.1. The fourth-order valence-corrected chi connectivity index (χ4v) is 3.05. The molecule has 0 saturated carbocycles. The second kappa shape index (κ2) is 10.6. The van der Waals surface area contributed by atoms with E-state index in [1.54, 1.807) is 0 Å². The number of halogens is 2. The van der Waals surface area contributed by atoms with Gasteiger partial charge in [-0.05, 0) is 43.1 Å². The molecule has 0 spiro atoms. The second-order valence-electron chi connectivity index (χ2n) is 5.38. The van der Waals surface area contributed by atoms with Crippen molar-refractivity contribution in [2.75, 3.05) is 6.54 Å². The molecule has 20 heavy (non-hydrogen) atoms. The summed E-state index contributed by atoms with van der Waals surface area (Å²) < 4.78 is 1.10. The van der Waals surface area contributed by atoms with Crippen molar-refractivity contribution in [2.24, 2.45) is 0 Å². The lowest BCUT2D eigenvalue weighted by molar-refractivity contribution is 0.468. The zero-order valence-electron chi connectivity index (χ0n) is 12.7. The van der Waals surface area contributed by atoms with Crippen LogP contribution in [-0.4, -0.2) is 6.54 Å². The average molecular weight is 361 g/mol. The molecule has 0 aromatic heterocycles. The van der Waals surface area contributed by atoms with Crippen molar-refractivity contribution in [3.8, 4) is 0 Å². The summed E-state index contributed by atoms with van der Waals surface area (Å²) in [5, 5.41) is 4.51. The van der Waals surface area contributed by atoms with E-state index in [2.05, 4.69) is 41.2 Å². The first kappa shape index (κ1) is 18.0. The molecule has 1 atom stereocenters. The third-order valence-electron chi connectivity index (χ3n) is 3.57. The van der Waals surface area contributed by atoms with Crippen LogP contribution < -0.4 is 5.32 Å². The highest BCUT2D eigenvalue weighted by Gasteiger charge is 2.14. The van der Waals surface area contributed by atoms with Crippen molar-refractivity contribution in [3.63, 3.8) is 0 Å². The molecule has 0 amide bonds. The predicted octanol–water partition coefficient (Wildman–Crippen LogP) is 6.50. The van der Waals surface area contributed by atoms with Gasteiger partial charge in [-0.2, -0.15) is 0 Å². The van der Waals surface area contributed by atoms with E-state index in [0.717, 1.165) is 22.5 Å². The van der Waals surface area contributed by atoms with Gasteiger partial charge < -0.3 is 5.32 Å². The van der Waals surface area contributed by atoms with E-state index in [0.29, 0.717) is 6.04 Å². The standard InChI is InChI=1S/C17H27BrClN/c1-3-5-6-7-8-9-17(20-12-4-2)15-13-14(18)10-11-16(15)19/h10-11,13,17,20H,3-9,12H2,1-2H3. The summed E-state index contributed by atoms with van der Waals surface area (Å²) in [6.45, 7) is 5.50. The van der Waals surface area contributed by atoms with Crippen molar-refractivity contribution < 1.29 is 0 Å². The summed E-state index contributed by atoms with van der Waals surface area (Å²) in [5.74, 6) is 0. The lowest BCUT2D eigenvalue weighted by atomic mass is 9.99. The lowest BCUT2D eigenvalue weighted by Crippen LogP contribution is -2.22. The molecule has 1 aromatic rings. The molecule has 0 saturated heterocycles. The topological polar surface area (TPSA) is 12.0 Å². The highest BCUT2D eigenvalue weighted by Crippen LogP contribution is 2.29. The van der Waals surface area contributed by atoms with E-state index in [-0.39, 0.29) is 0 Å². The monoisotopic (exact) mass is 359 g/mol. The summed E-state index contributed by atoms with van der Waals surface area (Å²) in [6, 6.07) is 6.52. The van der Waals surface area contributed by atoms with Crippen LogP contribution in [0.5, 0.6) is 0 Å². The zero-order chi connectivity index (χ0) is 14.8. The molecule has 0 aliphatic heterocycles. The first-order valence-electron chi connectivity index (χ1n) is 7.87. The van der Waals surface area contributed by atoms with Gasteiger partial charge in [-0.1, -0.05) is 73.5 Å². The summed E-state index contributed by atoms with van der Waals surface area (Å²) in [6.07, 6.45) is 8.91. The van der Waals surface area contributed by atoms with Gasteiger partial charge in [-0.15, -0.1) is 0 Å². The predicted molar refractivity (Wildman–Crippen MR) is 93.6 cm³/mol. The first-order valence-corrected chi connectivity index (χ1v) is 9.04. The quantitative estimate of drug-likeness (QED) is 0.469. The molecule has 1 N–H and O–H groups in total. The third-order valence-corrected chi connectivity index (χ3v) is 4.41. The van der Waals surface area contributed by atoms with Gasteiger partial charge in [-0.25, -0.2) is 0 Å². The third kappa shape index (κ3) is 6.60. The molecule has 1 aromatic carbocycles. The molecule has 0 aliphatic carbocycles. The largest absolute Gasteiger partial charge is 0.310 e. The molecule has 0 fully saturated rings. The SMILES string of the molecule is CCCCCCCC(NCCC)c1cc(Br)ccc1Cl. The minimum absolute atomic E-state index is 0.376. The first-order chi connectivity index (χ1) is 9.69. The van der Waals surface area contributed by atoms with Crippen molar-refractivity contribution in [1.29, 1.82) is 0 Å². The molecular weight excluding hydrogens is 334 g/mol. The molecule has 114 valence electrons. The molecule has 0 radical (unpaired) electrons. The van der Waals surface area contributed by atoms with Crippen LogP contribution in [0.25, 0.3) is 0 Å². The lowest BCUT2D eigenvalue weighted by Gasteiger charge is -2.20. The summed E-state index contributed by atoms with van der Waals surface area (Å²) in [5.41, 5.74) is 1.23. The maximum atomic E-state index is 6.37. The summed E-state index contributed by atoms with van der Waals surface area (Å²) in [4.78, 5) is 0. The van der Waals surface area contributed by atoms with Crippen LogP contribution in [0.1, 0.15) is 70.4 Å². The Morgan fingerprint density at radius 2 is 1.85 bits per heavy atom. The number of rotatable bonds is 10. The van der Waals surface area contributed by atoms with Crippen LogP contribution in [0.3, 0.4) is 0 Å². The highest BCUT2D eigenvalue weighted by atomic mass is 79.9. The van der Waals surface area contributed by atoms with Crippen molar-refractivity contribution >= 4 is 27.5 Å². The van der Waals surface area contributed by atoms with Gasteiger partial charge >= 0.3 is 0 Å². The van der Waals surface area contributed by atoms with Crippen LogP contribution in [0, 0.1) is 0 Å². The summed E-state index contributed by atoms with van der Waals surface area (Å²) >= 11 is 9.92. The molecule has 0 heterocycles. The number of unbranched alkanes of at least 4 members (excludes halogenated alkanes) is 4. The van der Waals surface area contributed by atoms with Gasteiger partial charge in [0.15, 0.2) is 0 Å². The normalized spacial score (nSPS) is 12.6. The molecular formula is C17H27BrClN. The van der Waals surface area contributed by atoms with E-state index in [1.807, 2.05) is 12.1 Å². The van der Waals surface area contributed by atoms with Crippen LogP contribution in [0.2, 0.25) is 5.02 Å². The van der Waals surface area contributed by atoms with Crippen LogP contribution in [0.4, 0.5) is 0 Å². The molecule has 1 nitrogen and oxygen atoms in total. The Morgan fingerprint density at radius 1 is 1.10 bits per heavy atom. The van der Waals surface area contributed by atoms with E-state index in [4.69, 9.17) is 11.6 Å². The minimum atomic E-state index is 0.376. The minimum Gasteiger partial charge on any atom is -0.310 e.